The summed E-state index contributed by atoms with van der Waals surface area (Å²) in [5.41, 5.74) is 5.94. The standard InChI is InChI=1S/C15H30N2/c1-3-12-8-9-14(10-12)17(4-2)15-7-5-6-13(15)11-16/h12-15H,3-11,16H2,1-2H3. The smallest absolute Gasteiger partial charge is 0.0138 e. The SMILES string of the molecule is CCC1CCC(N(CC)C2CCCC2CN)C1. The molecule has 2 saturated carbocycles. The molecule has 0 aromatic rings. The topological polar surface area (TPSA) is 29.3 Å². The van der Waals surface area contributed by atoms with Crippen LogP contribution in [0.2, 0.25) is 0 Å². The molecule has 2 rings (SSSR count). The highest BCUT2D eigenvalue weighted by Crippen LogP contribution is 2.37. The minimum atomic E-state index is 0.774. The molecule has 4 atom stereocenters. The third-order valence-electron chi connectivity index (χ3n) is 5.27. The van der Waals surface area contributed by atoms with Gasteiger partial charge in [0.15, 0.2) is 0 Å². The van der Waals surface area contributed by atoms with E-state index in [9.17, 15) is 0 Å². The summed E-state index contributed by atoms with van der Waals surface area (Å²) in [4.78, 5) is 2.81. The summed E-state index contributed by atoms with van der Waals surface area (Å²) >= 11 is 0. The van der Waals surface area contributed by atoms with E-state index in [0.717, 1.165) is 30.5 Å². The number of rotatable bonds is 5. The van der Waals surface area contributed by atoms with Gasteiger partial charge in [-0.05, 0) is 57.0 Å². The van der Waals surface area contributed by atoms with Crippen molar-refractivity contribution in [3.63, 3.8) is 0 Å². The zero-order valence-electron chi connectivity index (χ0n) is 11.7. The van der Waals surface area contributed by atoms with E-state index in [4.69, 9.17) is 5.73 Å². The Labute approximate surface area is 107 Å². The lowest BCUT2D eigenvalue weighted by Crippen LogP contribution is -2.45. The second kappa shape index (κ2) is 6.19. The predicted octanol–water partition coefficient (Wildman–Crippen LogP) is 3.01. The van der Waals surface area contributed by atoms with Crippen molar-refractivity contribution in [1.82, 2.24) is 4.90 Å². The van der Waals surface area contributed by atoms with Crippen molar-refractivity contribution in [2.45, 2.75) is 70.9 Å². The molecule has 0 aliphatic heterocycles. The molecule has 2 aliphatic rings. The Morgan fingerprint density at radius 3 is 2.53 bits per heavy atom. The zero-order chi connectivity index (χ0) is 12.3. The first-order valence-corrected chi connectivity index (χ1v) is 7.75. The molecule has 0 spiro atoms. The van der Waals surface area contributed by atoms with Crippen LogP contribution in [0.5, 0.6) is 0 Å². The normalized spacial score (nSPS) is 38.1. The van der Waals surface area contributed by atoms with Gasteiger partial charge in [-0.25, -0.2) is 0 Å². The maximum Gasteiger partial charge on any atom is 0.0138 e. The van der Waals surface area contributed by atoms with Crippen LogP contribution in [0.4, 0.5) is 0 Å². The van der Waals surface area contributed by atoms with Crippen molar-refractivity contribution in [1.29, 1.82) is 0 Å². The fourth-order valence-corrected chi connectivity index (χ4v) is 4.21. The molecule has 2 nitrogen and oxygen atoms in total. The molecule has 100 valence electrons. The summed E-state index contributed by atoms with van der Waals surface area (Å²) in [6.45, 7) is 6.81. The maximum atomic E-state index is 5.94. The van der Waals surface area contributed by atoms with Crippen LogP contribution in [0.25, 0.3) is 0 Å². The number of nitrogens with zero attached hydrogens (tertiary/aromatic N) is 1. The molecule has 4 unspecified atom stereocenters. The second-order valence-corrected chi connectivity index (χ2v) is 6.07. The molecule has 17 heavy (non-hydrogen) atoms. The summed E-state index contributed by atoms with van der Waals surface area (Å²) in [5, 5.41) is 0. The molecule has 0 bridgehead atoms. The minimum absolute atomic E-state index is 0.774. The molecule has 2 N–H and O–H groups in total. The van der Waals surface area contributed by atoms with E-state index < -0.39 is 0 Å². The Morgan fingerprint density at radius 1 is 1.12 bits per heavy atom. The zero-order valence-corrected chi connectivity index (χ0v) is 11.7. The third-order valence-corrected chi connectivity index (χ3v) is 5.27. The number of hydrogen-bond acceptors (Lipinski definition) is 2. The van der Waals surface area contributed by atoms with Crippen molar-refractivity contribution in [3.05, 3.63) is 0 Å². The van der Waals surface area contributed by atoms with Crippen molar-refractivity contribution < 1.29 is 0 Å². The van der Waals surface area contributed by atoms with Crippen LogP contribution in [0.15, 0.2) is 0 Å². The second-order valence-electron chi connectivity index (χ2n) is 6.07. The highest BCUT2D eigenvalue weighted by Gasteiger charge is 2.36. The van der Waals surface area contributed by atoms with Crippen LogP contribution < -0.4 is 5.73 Å². The summed E-state index contributed by atoms with van der Waals surface area (Å²) in [7, 11) is 0. The third kappa shape index (κ3) is 2.85. The molecule has 0 saturated heterocycles. The van der Waals surface area contributed by atoms with Gasteiger partial charge >= 0.3 is 0 Å². The van der Waals surface area contributed by atoms with Gasteiger partial charge in [0, 0.05) is 12.1 Å². The van der Waals surface area contributed by atoms with E-state index in [0.29, 0.717) is 0 Å². The highest BCUT2D eigenvalue weighted by atomic mass is 15.2. The molecule has 0 aromatic heterocycles. The fraction of sp³-hybridized carbons (Fsp3) is 1.00. The monoisotopic (exact) mass is 238 g/mol. The Morgan fingerprint density at radius 2 is 1.94 bits per heavy atom. The molecule has 0 radical (unpaired) electrons. The van der Waals surface area contributed by atoms with E-state index in [1.54, 1.807) is 0 Å². The van der Waals surface area contributed by atoms with E-state index in [1.807, 2.05) is 0 Å². The summed E-state index contributed by atoms with van der Waals surface area (Å²) in [6.07, 6.45) is 9.85. The Bertz CT molecular complexity index is 229. The summed E-state index contributed by atoms with van der Waals surface area (Å²) in [5.74, 6) is 1.77. The number of nitrogens with two attached hydrogens (primary N) is 1. The van der Waals surface area contributed by atoms with Gasteiger partial charge < -0.3 is 5.73 Å². The lowest BCUT2D eigenvalue weighted by atomic mass is 9.99. The lowest BCUT2D eigenvalue weighted by molar-refractivity contribution is 0.114. The van der Waals surface area contributed by atoms with Gasteiger partial charge in [-0.3, -0.25) is 4.90 Å². The average Bonchev–Trinajstić information content (AvgIpc) is 2.99. The van der Waals surface area contributed by atoms with Crippen LogP contribution in [-0.2, 0) is 0 Å². The number of hydrogen-bond donors (Lipinski definition) is 1. The first-order valence-electron chi connectivity index (χ1n) is 7.75. The quantitative estimate of drug-likeness (QED) is 0.798. The molecule has 0 heterocycles. The van der Waals surface area contributed by atoms with E-state index in [1.165, 1.54) is 51.5 Å². The van der Waals surface area contributed by atoms with Gasteiger partial charge in [-0.15, -0.1) is 0 Å². The van der Waals surface area contributed by atoms with Crippen LogP contribution in [0.3, 0.4) is 0 Å². The fourth-order valence-electron chi connectivity index (χ4n) is 4.21. The molecular formula is C15H30N2. The van der Waals surface area contributed by atoms with Gasteiger partial charge in [0.25, 0.3) is 0 Å². The highest BCUT2D eigenvalue weighted by molar-refractivity contribution is 4.91. The predicted molar refractivity (Wildman–Crippen MR) is 74.0 cm³/mol. The largest absolute Gasteiger partial charge is 0.330 e. The molecule has 2 aliphatic carbocycles. The van der Waals surface area contributed by atoms with Crippen LogP contribution in [-0.4, -0.2) is 30.1 Å². The first kappa shape index (κ1) is 13.4. The van der Waals surface area contributed by atoms with Gasteiger partial charge in [-0.1, -0.05) is 26.7 Å². The first-order chi connectivity index (χ1) is 8.30. The Balaban J connectivity index is 1.96. The average molecular weight is 238 g/mol. The molecule has 2 fully saturated rings. The van der Waals surface area contributed by atoms with Crippen molar-refractivity contribution >= 4 is 0 Å². The Hall–Kier alpha value is -0.0800. The van der Waals surface area contributed by atoms with Crippen LogP contribution in [0.1, 0.15) is 58.8 Å². The van der Waals surface area contributed by atoms with Gasteiger partial charge in [0.2, 0.25) is 0 Å². The molecule has 0 amide bonds. The van der Waals surface area contributed by atoms with E-state index in [-0.39, 0.29) is 0 Å². The van der Waals surface area contributed by atoms with Gasteiger partial charge in [-0.2, -0.15) is 0 Å². The molecule has 2 heteroatoms. The van der Waals surface area contributed by atoms with Gasteiger partial charge in [0.05, 0.1) is 0 Å². The van der Waals surface area contributed by atoms with Crippen LogP contribution in [0, 0.1) is 11.8 Å². The van der Waals surface area contributed by atoms with E-state index in [2.05, 4.69) is 18.7 Å². The van der Waals surface area contributed by atoms with Crippen LogP contribution >= 0.6 is 0 Å². The Kier molecular flexibility index (Phi) is 4.87. The lowest BCUT2D eigenvalue weighted by Gasteiger charge is -2.36. The van der Waals surface area contributed by atoms with Crippen molar-refractivity contribution in [3.8, 4) is 0 Å². The molecule has 0 aromatic carbocycles. The van der Waals surface area contributed by atoms with Crippen molar-refractivity contribution in [2.75, 3.05) is 13.1 Å². The summed E-state index contributed by atoms with van der Waals surface area (Å²) in [6, 6.07) is 1.66. The maximum absolute atomic E-state index is 5.94. The molecular weight excluding hydrogens is 208 g/mol. The summed E-state index contributed by atoms with van der Waals surface area (Å²) < 4.78 is 0. The van der Waals surface area contributed by atoms with Gasteiger partial charge in [0.1, 0.15) is 0 Å². The minimum Gasteiger partial charge on any atom is -0.330 e. The van der Waals surface area contributed by atoms with Crippen molar-refractivity contribution in [2.24, 2.45) is 17.6 Å². The van der Waals surface area contributed by atoms with E-state index >= 15 is 0 Å².